The van der Waals surface area contributed by atoms with Crippen molar-refractivity contribution in [1.82, 2.24) is 19.9 Å². The average molecular weight is 465 g/mol. The topological polar surface area (TPSA) is 107 Å². The summed E-state index contributed by atoms with van der Waals surface area (Å²) in [6.07, 6.45) is 8.28. The summed E-state index contributed by atoms with van der Waals surface area (Å²) < 4.78 is 20.6. The largest absolute Gasteiger partial charge is 0.450 e. The average Bonchev–Trinajstić information content (AvgIpc) is 2.87. The van der Waals surface area contributed by atoms with Crippen molar-refractivity contribution in [3.63, 3.8) is 0 Å². The van der Waals surface area contributed by atoms with Crippen LogP contribution in [0.1, 0.15) is 43.8 Å². The van der Waals surface area contributed by atoms with Crippen LogP contribution in [0.25, 0.3) is 11.1 Å². The molecule has 3 heterocycles. The van der Waals surface area contributed by atoms with Gasteiger partial charge >= 0.3 is 5.69 Å². The number of nitrogens with two attached hydrogens (primary N) is 1. The van der Waals surface area contributed by atoms with Gasteiger partial charge in [0.15, 0.2) is 17.3 Å². The maximum atomic E-state index is 12.8. The van der Waals surface area contributed by atoms with E-state index in [0.717, 1.165) is 49.8 Å². The number of aromatic nitrogens is 3. The summed E-state index contributed by atoms with van der Waals surface area (Å²) in [6, 6.07) is 9.81. The lowest BCUT2D eigenvalue weighted by Gasteiger charge is -2.31. The summed E-state index contributed by atoms with van der Waals surface area (Å²) in [7, 11) is 0. The number of pyridine rings is 1. The van der Waals surface area contributed by atoms with Crippen LogP contribution in [0.4, 0.5) is 15.9 Å². The molecule has 5 rings (SSSR count). The molecular weight excluding hydrogens is 435 g/mol. The maximum absolute atomic E-state index is 12.8. The van der Waals surface area contributed by atoms with Crippen molar-refractivity contribution >= 4 is 11.5 Å². The summed E-state index contributed by atoms with van der Waals surface area (Å²) in [5.41, 5.74) is 8.18. The van der Waals surface area contributed by atoms with Gasteiger partial charge in [0.1, 0.15) is 6.67 Å². The summed E-state index contributed by atoms with van der Waals surface area (Å²) in [5.74, 6) is 1.61. The van der Waals surface area contributed by atoms with Crippen LogP contribution in [-0.4, -0.2) is 33.7 Å². The zero-order chi connectivity index (χ0) is 23.5. The van der Waals surface area contributed by atoms with Crippen molar-refractivity contribution < 1.29 is 9.13 Å². The van der Waals surface area contributed by atoms with E-state index in [4.69, 9.17) is 10.5 Å². The van der Waals surface area contributed by atoms with E-state index in [9.17, 15) is 9.18 Å². The monoisotopic (exact) mass is 464 g/mol. The quantitative estimate of drug-likeness (QED) is 0.354. The molecule has 1 saturated carbocycles. The number of ether oxygens (including phenoxy) is 1. The molecule has 9 heteroatoms. The highest BCUT2D eigenvalue weighted by molar-refractivity contribution is 5.78. The molecular formula is C25H29FN6O2. The van der Waals surface area contributed by atoms with E-state index >= 15 is 0 Å². The van der Waals surface area contributed by atoms with Gasteiger partial charge in [-0.15, -0.1) is 0 Å². The van der Waals surface area contributed by atoms with Crippen molar-refractivity contribution in [2.45, 2.75) is 50.9 Å². The second-order valence-corrected chi connectivity index (χ2v) is 8.86. The number of alkyl halides is 1. The number of hydrogen-bond acceptors (Lipinski definition) is 7. The Labute approximate surface area is 197 Å². The molecule has 34 heavy (non-hydrogen) atoms. The minimum Gasteiger partial charge on any atom is -0.450 e. The van der Waals surface area contributed by atoms with Crippen LogP contribution in [0.15, 0.2) is 47.5 Å². The van der Waals surface area contributed by atoms with Gasteiger partial charge in [0.05, 0.1) is 17.6 Å². The van der Waals surface area contributed by atoms with Gasteiger partial charge in [-0.05, 0) is 69.0 Å². The van der Waals surface area contributed by atoms with Gasteiger partial charge in [-0.25, -0.2) is 9.18 Å². The van der Waals surface area contributed by atoms with Crippen LogP contribution in [-0.2, 0) is 6.67 Å². The number of anilines is 2. The van der Waals surface area contributed by atoms with E-state index in [0.29, 0.717) is 41.3 Å². The summed E-state index contributed by atoms with van der Waals surface area (Å²) in [6.45, 7) is 1.04. The van der Waals surface area contributed by atoms with E-state index in [1.165, 1.54) is 0 Å². The lowest BCUT2D eigenvalue weighted by molar-refractivity contribution is 0.282. The second kappa shape index (κ2) is 9.90. The van der Waals surface area contributed by atoms with Gasteiger partial charge in [0, 0.05) is 23.8 Å². The Balaban J connectivity index is 1.31. The highest BCUT2D eigenvalue weighted by Gasteiger charge is 2.26. The number of benzene rings is 1. The van der Waals surface area contributed by atoms with E-state index in [-0.39, 0.29) is 11.7 Å². The van der Waals surface area contributed by atoms with Gasteiger partial charge in [-0.3, -0.25) is 9.55 Å². The standard InChI is InChI=1S/C25H29FN6O2/c26-13-19-4-2-17(14-29-19)16-3-9-22-21(12-16)30-24-23(34-22)15-32(25(33)31-24)20-7-5-18(6-8-20)28-11-1-10-27/h2-4,9,12,14-15,18,20,28H,1,5-8,10-11,13,27H2,(H,30,31,33)/t18-,20+. The van der Waals surface area contributed by atoms with Crippen LogP contribution in [0.5, 0.6) is 11.5 Å². The summed E-state index contributed by atoms with van der Waals surface area (Å²) in [5, 5.41) is 6.78. The Morgan fingerprint density at radius 1 is 1.15 bits per heavy atom. The van der Waals surface area contributed by atoms with Crippen molar-refractivity contribution in [2.24, 2.45) is 5.73 Å². The predicted molar refractivity (Wildman–Crippen MR) is 129 cm³/mol. The van der Waals surface area contributed by atoms with Crippen molar-refractivity contribution in [1.29, 1.82) is 0 Å². The molecule has 0 saturated heterocycles. The highest BCUT2D eigenvalue weighted by atomic mass is 19.1. The number of nitrogens with zero attached hydrogens (tertiary/aromatic N) is 3. The smallest absolute Gasteiger partial charge is 0.350 e. The first-order chi connectivity index (χ1) is 16.6. The third-order valence-electron chi connectivity index (χ3n) is 6.57. The first-order valence-corrected chi connectivity index (χ1v) is 11.8. The van der Waals surface area contributed by atoms with Crippen LogP contribution in [0.2, 0.25) is 0 Å². The first-order valence-electron chi connectivity index (χ1n) is 11.8. The van der Waals surface area contributed by atoms with Gasteiger partial charge in [0.2, 0.25) is 0 Å². The van der Waals surface area contributed by atoms with Crippen LogP contribution >= 0.6 is 0 Å². The fourth-order valence-electron chi connectivity index (χ4n) is 4.66. The third kappa shape index (κ3) is 4.67. The van der Waals surface area contributed by atoms with Gasteiger partial charge < -0.3 is 21.1 Å². The predicted octanol–water partition coefficient (Wildman–Crippen LogP) is 4.05. The molecule has 1 aromatic carbocycles. The highest BCUT2D eigenvalue weighted by Crippen LogP contribution is 2.42. The molecule has 0 radical (unpaired) electrons. The van der Waals surface area contributed by atoms with Crippen LogP contribution in [0, 0.1) is 0 Å². The van der Waals surface area contributed by atoms with E-state index < -0.39 is 6.67 Å². The van der Waals surface area contributed by atoms with Crippen LogP contribution in [0.3, 0.4) is 0 Å². The van der Waals surface area contributed by atoms with Crippen LogP contribution < -0.4 is 26.8 Å². The normalized spacial score (nSPS) is 19.0. The lowest BCUT2D eigenvalue weighted by atomic mass is 9.91. The van der Waals surface area contributed by atoms with E-state index in [1.807, 2.05) is 24.3 Å². The number of rotatable bonds is 7. The van der Waals surface area contributed by atoms with E-state index in [1.54, 1.807) is 23.0 Å². The fraction of sp³-hybridized carbons (Fsp3) is 0.400. The van der Waals surface area contributed by atoms with Crippen molar-refractivity contribution in [3.05, 3.63) is 58.9 Å². The second-order valence-electron chi connectivity index (χ2n) is 8.86. The summed E-state index contributed by atoms with van der Waals surface area (Å²) >= 11 is 0. The maximum Gasteiger partial charge on any atom is 0.350 e. The zero-order valence-electron chi connectivity index (χ0n) is 19.0. The number of halogens is 1. The Morgan fingerprint density at radius 3 is 2.71 bits per heavy atom. The Morgan fingerprint density at radius 2 is 1.97 bits per heavy atom. The molecule has 0 atom stereocenters. The molecule has 2 aromatic heterocycles. The van der Waals surface area contributed by atoms with Gasteiger partial charge in [-0.2, -0.15) is 4.98 Å². The zero-order valence-corrected chi connectivity index (χ0v) is 19.0. The minimum absolute atomic E-state index is 0.116. The Bertz CT molecular complexity index is 1210. The molecule has 0 bridgehead atoms. The van der Waals surface area contributed by atoms with E-state index in [2.05, 4.69) is 20.6 Å². The van der Waals surface area contributed by atoms with Gasteiger partial charge in [0.25, 0.3) is 0 Å². The number of hydrogen-bond donors (Lipinski definition) is 3. The lowest BCUT2D eigenvalue weighted by Crippen LogP contribution is -2.37. The Kier molecular flexibility index (Phi) is 6.55. The molecule has 178 valence electrons. The molecule has 0 spiro atoms. The molecule has 4 N–H and O–H groups in total. The summed E-state index contributed by atoms with van der Waals surface area (Å²) in [4.78, 5) is 21.2. The minimum atomic E-state index is -0.590. The molecule has 3 aromatic rings. The molecule has 1 aliphatic carbocycles. The fourth-order valence-corrected chi connectivity index (χ4v) is 4.66. The van der Waals surface area contributed by atoms with Crippen molar-refractivity contribution in [2.75, 3.05) is 18.4 Å². The molecule has 1 aliphatic heterocycles. The van der Waals surface area contributed by atoms with Crippen molar-refractivity contribution in [3.8, 4) is 22.6 Å². The molecule has 8 nitrogen and oxygen atoms in total. The van der Waals surface area contributed by atoms with Gasteiger partial charge in [-0.1, -0.05) is 12.1 Å². The SMILES string of the molecule is NCCCN[C@H]1CC[C@@H](n2cc3c(nc2=O)Nc2cc(-c4ccc(CF)nc4)ccc2O3)CC1. The molecule has 2 aliphatic rings. The third-order valence-corrected chi connectivity index (χ3v) is 6.57. The Hall–Kier alpha value is -3.30. The number of fused-ring (bicyclic) bond motifs is 2. The molecule has 1 fully saturated rings. The number of nitrogens with one attached hydrogen (secondary N) is 2. The molecule has 0 unspecified atom stereocenters. The molecule has 0 amide bonds. The first kappa shape index (κ1) is 22.5.